The first-order valence-electron chi connectivity index (χ1n) is 10.1. The zero-order valence-electron chi connectivity index (χ0n) is 17.8. The van der Waals surface area contributed by atoms with Crippen LogP contribution >= 0.6 is 22.9 Å². The number of nitro groups is 1. The molecule has 0 aliphatic rings. The molecule has 11 heteroatoms. The van der Waals surface area contributed by atoms with E-state index in [-0.39, 0.29) is 12.3 Å². The highest BCUT2D eigenvalue weighted by Gasteiger charge is 2.19. The predicted molar refractivity (Wildman–Crippen MR) is 133 cm³/mol. The number of amides is 1. The number of rotatable bonds is 8. The highest BCUT2D eigenvalue weighted by atomic mass is 35.5. The van der Waals surface area contributed by atoms with Crippen LogP contribution < -0.4 is 14.9 Å². The van der Waals surface area contributed by atoms with E-state index in [2.05, 4.69) is 10.5 Å². The Bertz CT molecular complexity index is 1430. The van der Waals surface area contributed by atoms with Gasteiger partial charge in [0.1, 0.15) is 16.4 Å². The summed E-state index contributed by atoms with van der Waals surface area (Å²) >= 11 is 7.60. The van der Waals surface area contributed by atoms with Crippen molar-refractivity contribution in [3.8, 4) is 11.5 Å². The van der Waals surface area contributed by atoms with Gasteiger partial charge in [-0.3, -0.25) is 14.9 Å². The Hall–Kier alpha value is -4.28. The lowest BCUT2D eigenvalue weighted by Crippen LogP contribution is -2.24. The Balaban J connectivity index is 1.31. The number of carbonyl (C=O) groups is 2. The van der Waals surface area contributed by atoms with Crippen LogP contribution in [0.15, 0.2) is 77.9 Å². The molecule has 0 saturated heterocycles. The predicted octanol–water partition coefficient (Wildman–Crippen LogP) is 5.21. The maximum atomic E-state index is 12.6. The van der Waals surface area contributed by atoms with Crippen LogP contribution in [0.25, 0.3) is 10.1 Å². The van der Waals surface area contributed by atoms with Crippen LogP contribution in [0.5, 0.6) is 11.5 Å². The Labute approximate surface area is 207 Å². The van der Waals surface area contributed by atoms with Crippen LogP contribution in [0, 0.1) is 10.1 Å². The lowest BCUT2D eigenvalue weighted by molar-refractivity contribution is -0.384. The van der Waals surface area contributed by atoms with Crippen molar-refractivity contribution in [2.24, 2.45) is 5.10 Å². The number of esters is 1. The Morgan fingerprint density at radius 2 is 1.83 bits per heavy atom. The van der Waals surface area contributed by atoms with Gasteiger partial charge in [0.15, 0.2) is 6.61 Å². The van der Waals surface area contributed by atoms with Gasteiger partial charge in [0, 0.05) is 22.2 Å². The molecule has 0 radical (unpaired) electrons. The van der Waals surface area contributed by atoms with Gasteiger partial charge in [-0.2, -0.15) is 5.10 Å². The van der Waals surface area contributed by atoms with E-state index in [9.17, 15) is 19.7 Å². The van der Waals surface area contributed by atoms with E-state index in [1.807, 2.05) is 24.3 Å². The molecule has 0 aliphatic heterocycles. The molecule has 0 unspecified atom stereocenters. The number of nitrogens with one attached hydrogen (secondary N) is 1. The second-order valence-corrected chi connectivity index (χ2v) is 8.47. The summed E-state index contributed by atoms with van der Waals surface area (Å²) in [6.07, 6.45) is 1.38. The summed E-state index contributed by atoms with van der Waals surface area (Å²) in [6, 6.07) is 19.4. The monoisotopic (exact) mass is 509 g/mol. The standard InChI is InChI=1S/C24H16ClN3O6S/c25-22-19-6-1-2-7-20(19)35-23(22)24(30)34-18-5-3-4-15(12-18)13-26-27-21(29)14-33-17-10-8-16(9-11-17)28(31)32/h1-13H,14H2,(H,27,29). The van der Waals surface area contributed by atoms with E-state index in [0.717, 1.165) is 10.1 Å². The summed E-state index contributed by atoms with van der Waals surface area (Å²) < 4.78 is 11.6. The van der Waals surface area contributed by atoms with E-state index in [0.29, 0.717) is 27.0 Å². The number of non-ortho nitro benzene ring substituents is 1. The van der Waals surface area contributed by atoms with Gasteiger partial charge in [-0.05, 0) is 35.9 Å². The van der Waals surface area contributed by atoms with Crippen LogP contribution in [-0.4, -0.2) is 29.6 Å². The van der Waals surface area contributed by atoms with Gasteiger partial charge >= 0.3 is 5.97 Å². The fourth-order valence-corrected chi connectivity index (χ4v) is 4.37. The first-order valence-corrected chi connectivity index (χ1v) is 11.3. The molecular formula is C24H16ClN3O6S. The topological polar surface area (TPSA) is 120 Å². The van der Waals surface area contributed by atoms with Gasteiger partial charge in [-0.1, -0.05) is 41.9 Å². The van der Waals surface area contributed by atoms with E-state index in [1.54, 1.807) is 24.3 Å². The largest absolute Gasteiger partial charge is 0.484 e. The molecule has 35 heavy (non-hydrogen) atoms. The minimum atomic E-state index is -0.568. The number of nitro benzene ring substituents is 1. The average molecular weight is 510 g/mol. The van der Waals surface area contributed by atoms with Gasteiger partial charge in [0.25, 0.3) is 11.6 Å². The molecule has 0 spiro atoms. The quantitative estimate of drug-likeness (QED) is 0.114. The number of thiophene rings is 1. The third-order valence-electron chi connectivity index (χ3n) is 4.61. The molecular weight excluding hydrogens is 494 g/mol. The summed E-state index contributed by atoms with van der Waals surface area (Å²) in [4.78, 5) is 35.0. The van der Waals surface area contributed by atoms with E-state index >= 15 is 0 Å². The average Bonchev–Trinajstić information content (AvgIpc) is 3.20. The van der Waals surface area contributed by atoms with Crippen LogP contribution in [0.4, 0.5) is 5.69 Å². The zero-order chi connectivity index (χ0) is 24.8. The number of fused-ring (bicyclic) bond motifs is 1. The molecule has 3 aromatic carbocycles. The maximum absolute atomic E-state index is 12.6. The molecule has 4 rings (SSSR count). The van der Waals surface area contributed by atoms with Crippen LogP contribution in [-0.2, 0) is 4.79 Å². The molecule has 0 aliphatic carbocycles. The molecule has 4 aromatic rings. The number of hydrogen-bond acceptors (Lipinski definition) is 8. The first kappa shape index (κ1) is 23.9. The van der Waals surface area contributed by atoms with Crippen LogP contribution in [0.3, 0.4) is 0 Å². The van der Waals surface area contributed by atoms with Crippen molar-refractivity contribution in [3.05, 3.63) is 98.4 Å². The molecule has 1 N–H and O–H groups in total. The Morgan fingerprint density at radius 3 is 2.57 bits per heavy atom. The van der Waals surface area contributed by atoms with Crippen molar-refractivity contribution in [1.82, 2.24) is 5.43 Å². The maximum Gasteiger partial charge on any atom is 0.355 e. The lowest BCUT2D eigenvalue weighted by atomic mass is 10.2. The molecule has 0 bridgehead atoms. The SMILES string of the molecule is O=C(COc1ccc([N+](=O)[O-])cc1)NN=Cc1cccc(OC(=O)c2sc3ccccc3c2Cl)c1. The third-order valence-corrected chi connectivity index (χ3v) is 6.26. The van der Waals surface area contributed by atoms with E-state index < -0.39 is 16.8 Å². The lowest BCUT2D eigenvalue weighted by Gasteiger charge is -2.05. The summed E-state index contributed by atoms with van der Waals surface area (Å²) in [5.41, 5.74) is 2.81. The van der Waals surface area contributed by atoms with Gasteiger partial charge in [-0.15, -0.1) is 11.3 Å². The van der Waals surface area contributed by atoms with E-state index in [1.165, 1.54) is 41.8 Å². The molecule has 1 aromatic heterocycles. The van der Waals surface area contributed by atoms with Gasteiger partial charge < -0.3 is 9.47 Å². The molecule has 176 valence electrons. The normalized spacial score (nSPS) is 10.9. The molecule has 1 amide bonds. The molecule has 0 atom stereocenters. The third kappa shape index (κ3) is 5.99. The number of benzene rings is 3. The number of ether oxygens (including phenoxy) is 2. The van der Waals surface area contributed by atoms with Crippen molar-refractivity contribution in [2.45, 2.75) is 0 Å². The van der Waals surface area contributed by atoms with Crippen molar-refractivity contribution in [2.75, 3.05) is 6.61 Å². The van der Waals surface area contributed by atoms with Crippen LogP contribution in [0.2, 0.25) is 5.02 Å². The van der Waals surface area contributed by atoms with Gasteiger partial charge in [-0.25, -0.2) is 10.2 Å². The van der Waals surface area contributed by atoms with Crippen molar-refractivity contribution >= 4 is 56.8 Å². The zero-order valence-corrected chi connectivity index (χ0v) is 19.4. The van der Waals surface area contributed by atoms with Crippen LogP contribution in [0.1, 0.15) is 15.2 Å². The molecule has 1 heterocycles. The summed E-state index contributed by atoms with van der Waals surface area (Å²) in [7, 11) is 0. The minimum Gasteiger partial charge on any atom is -0.484 e. The summed E-state index contributed by atoms with van der Waals surface area (Å²) in [5.74, 6) is -0.494. The van der Waals surface area contributed by atoms with Crippen molar-refractivity contribution in [3.63, 3.8) is 0 Å². The smallest absolute Gasteiger partial charge is 0.355 e. The van der Waals surface area contributed by atoms with Crippen molar-refractivity contribution in [1.29, 1.82) is 0 Å². The number of halogens is 1. The highest BCUT2D eigenvalue weighted by Crippen LogP contribution is 2.35. The molecule has 9 nitrogen and oxygen atoms in total. The number of hydrogen-bond donors (Lipinski definition) is 1. The minimum absolute atomic E-state index is 0.0776. The summed E-state index contributed by atoms with van der Waals surface area (Å²) in [5, 5.41) is 15.7. The van der Waals surface area contributed by atoms with Gasteiger partial charge in [0.2, 0.25) is 0 Å². The van der Waals surface area contributed by atoms with Gasteiger partial charge in [0.05, 0.1) is 16.2 Å². The fraction of sp³-hybridized carbons (Fsp3) is 0.0417. The highest BCUT2D eigenvalue weighted by molar-refractivity contribution is 7.21. The number of nitrogens with zero attached hydrogens (tertiary/aromatic N) is 2. The second kappa shape index (κ2) is 10.8. The second-order valence-electron chi connectivity index (χ2n) is 7.04. The first-order chi connectivity index (χ1) is 16.9. The number of carbonyl (C=O) groups excluding carboxylic acids is 2. The van der Waals surface area contributed by atoms with Crippen molar-refractivity contribution < 1.29 is 24.0 Å². The van der Waals surface area contributed by atoms with E-state index in [4.69, 9.17) is 21.1 Å². The fourth-order valence-electron chi connectivity index (χ4n) is 2.98. The Kier molecular flexibility index (Phi) is 7.34. The summed E-state index contributed by atoms with van der Waals surface area (Å²) in [6.45, 7) is -0.331. The molecule has 0 fully saturated rings. The molecule has 0 saturated carbocycles. The Morgan fingerprint density at radius 1 is 1.06 bits per heavy atom. The number of hydrazone groups is 1.